The van der Waals surface area contributed by atoms with E-state index in [1.54, 1.807) is 13.1 Å². The van der Waals surface area contributed by atoms with Crippen LogP contribution in [0.25, 0.3) is 11.6 Å². The molecule has 0 spiro atoms. The number of carbonyl (C=O) groups is 1. The molecule has 1 heterocycles. The zero-order valence-corrected chi connectivity index (χ0v) is 13.0. The van der Waals surface area contributed by atoms with Gasteiger partial charge in [-0.25, -0.2) is 0 Å². The zero-order chi connectivity index (χ0) is 17.4. The number of nitro benzene ring substituents is 1. The Bertz CT molecular complexity index is 889. The number of fused-ring (bicyclic) bond motifs is 1. The van der Waals surface area contributed by atoms with E-state index in [2.05, 4.69) is 0 Å². The summed E-state index contributed by atoms with van der Waals surface area (Å²) in [5.41, 5.74) is 1.86. The van der Waals surface area contributed by atoms with E-state index in [1.807, 2.05) is 24.3 Å². The van der Waals surface area contributed by atoms with Crippen molar-refractivity contribution >= 4 is 28.9 Å². The molecule has 7 nitrogen and oxygen atoms in total. The average molecular weight is 326 g/mol. The minimum absolute atomic E-state index is 0.0249. The van der Waals surface area contributed by atoms with E-state index in [0.29, 0.717) is 11.1 Å². The first-order valence-corrected chi connectivity index (χ1v) is 7.08. The van der Waals surface area contributed by atoms with Crippen LogP contribution in [0.15, 0.2) is 36.4 Å². The number of nitro groups is 1. The van der Waals surface area contributed by atoms with Crippen LogP contribution < -0.4 is 9.64 Å². The molecule has 1 aliphatic rings. The van der Waals surface area contributed by atoms with Crippen LogP contribution in [0.5, 0.6) is 11.5 Å². The van der Waals surface area contributed by atoms with E-state index in [9.17, 15) is 20.0 Å². The summed E-state index contributed by atoms with van der Waals surface area (Å²) in [6.45, 7) is 0. The van der Waals surface area contributed by atoms with E-state index in [0.717, 1.165) is 11.3 Å². The molecule has 0 unspecified atom stereocenters. The van der Waals surface area contributed by atoms with E-state index < -0.39 is 16.4 Å². The van der Waals surface area contributed by atoms with Crippen molar-refractivity contribution in [2.45, 2.75) is 0 Å². The molecule has 0 aliphatic carbocycles. The van der Waals surface area contributed by atoms with Crippen LogP contribution in [0.3, 0.4) is 0 Å². The van der Waals surface area contributed by atoms with Crippen LogP contribution in [0.2, 0.25) is 0 Å². The van der Waals surface area contributed by atoms with Crippen molar-refractivity contribution in [1.29, 1.82) is 0 Å². The summed E-state index contributed by atoms with van der Waals surface area (Å²) in [7, 11) is 2.97. The predicted octanol–water partition coefficient (Wildman–Crippen LogP) is 2.83. The molecule has 0 bridgehead atoms. The fourth-order valence-electron chi connectivity index (χ4n) is 2.70. The molecule has 0 atom stereocenters. The van der Waals surface area contributed by atoms with Gasteiger partial charge in [-0.1, -0.05) is 18.2 Å². The lowest BCUT2D eigenvalue weighted by atomic mass is 10.0. The molecule has 24 heavy (non-hydrogen) atoms. The van der Waals surface area contributed by atoms with Gasteiger partial charge in [0, 0.05) is 24.3 Å². The van der Waals surface area contributed by atoms with Gasteiger partial charge in [0.25, 0.3) is 5.91 Å². The maximum absolute atomic E-state index is 12.4. The van der Waals surface area contributed by atoms with E-state index >= 15 is 0 Å². The summed E-state index contributed by atoms with van der Waals surface area (Å²) in [6, 6.07) is 9.95. The Balaban J connectivity index is 2.17. The highest BCUT2D eigenvalue weighted by Crippen LogP contribution is 2.40. The first-order chi connectivity index (χ1) is 11.4. The lowest BCUT2D eigenvalue weighted by Gasteiger charge is -2.08. The van der Waals surface area contributed by atoms with Gasteiger partial charge in [-0.2, -0.15) is 0 Å². The SMILES string of the molecule is COc1cc(C=C2C(=O)N(C)c3ccccc32)cc([N+](=O)[O-])c1O. The Labute approximate surface area is 137 Å². The van der Waals surface area contributed by atoms with Crippen LogP contribution in [0.1, 0.15) is 11.1 Å². The lowest BCUT2D eigenvalue weighted by molar-refractivity contribution is -0.386. The predicted molar refractivity (Wildman–Crippen MR) is 89.0 cm³/mol. The molecular weight excluding hydrogens is 312 g/mol. The third-order valence-electron chi connectivity index (χ3n) is 3.90. The largest absolute Gasteiger partial charge is 0.500 e. The number of phenolic OH excluding ortho intramolecular Hbond substituents is 1. The topological polar surface area (TPSA) is 92.9 Å². The number of ether oxygens (including phenoxy) is 1. The van der Waals surface area contributed by atoms with Gasteiger partial charge in [0.15, 0.2) is 5.75 Å². The second-order valence-electron chi connectivity index (χ2n) is 5.29. The summed E-state index contributed by atoms with van der Waals surface area (Å²) in [6.07, 6.45) is 1.56. The Kier molecular flexibility index (Phi) is 3.69. The monoisotopic (exact) mass is 326 g/mol. The van der Waals surface area contributed by atoms with Crippen LogP contribution in [0, 0.1) is 10.1 Å². The average Bonchev–Trinajstić information content (AvgIpc) is 2.81. The van der Waals surface area contributed by atoms with Gasteiger partial charge in [-0.3, -0.25) is 14.9 Å². The molecule has 0 radical (unpaired) electrons. The first kappa shape index (κ1) is 15.5. The van der Waals surface area contributed by atoms with Gasteiger partial charge in [0.1, 0.15) is 0 Å². The minimum atomic E-state index is -0.698. The van der Waals surface area contributed by atoms with E-state index in [4.69, 9.17) is 4.74 Å². The smallest absolute Gasteiger partial charge is 0.315 e. The zero-order valence-electron chi connectivity index (χ0n) is 13.0. The summed E-state index contributed by atoms with van der Waals surface area (Å²) in [4.78, 5) is 24.4. The van der Waals surface area contributed by atoms with Crippen LogP contribution in [0.4, 0.5) is 11.4 Å². The number of likely N-dealkylation sites (N-methyl/N-ethyl adjacent to an activating group) is 1. The Morgan fingerprint density at radius 3 is 2.67 bits per heavy atom. The number of hydrogen-bond donors (Lipinski definition) is 1. The third-order valence-corrected chi connectivity index (χ3v) is 3.90. The van der Waals surface area contributed by atoms with Gasteiger partial charge in [-0.15, -0.1) is 0 Å². The number of phenols is 1. The third kappa shape index (κ3) is 2.36. The summed E-state index contributed by atoms with van der Waals surface area (Å²) >= 11 is 0. The van der Waals surface area contributed by atoms with Crippen molar-refractivity contribution in [1.82, 2.24) is 0 Å². The summed E-state index contributed by atoms with van der Waals surface area (Å²) in [5.74, 6) is -0.769. The maximum atomic E-state index is 12.4. The molecule has 3 rings (SSSR count). The Hall–Kier alpha value is -3.35. The van der Waals surface area contributed by atoms with Crippen LogP contribution >= 0.6 is 0 Å². The highest BCUT2D eigenvalue weighted by atomic mass is 16.6. The van der Waals surface area contributed by atoms with Crippen molar-refractivity contribution < 1.29 is 19.6 Å². The summed E-state index contributed by atoms with van der Waals surface area (Å²) < 4.78 is 4.98. The molecule has 2 aromatic carbocycles. The number of anilines is 1. The Morgan fingerprint density at radius 2 is 2.00 bits per heavy atom. The normalized spacial score (nSPS) is 14.8. The molecule has 122 valence electrons. The lowest BCUT2D eigenvalue weighted by Crippen LogP contribution is -2.20. The number of hydrogen-bond acceptors (Lipinski definition) is 5. The standard InChI is InChI=1S/C17H14N2O5/c1-18-13-6-4-3-5-11(13)12(17(18)21)7-10-8-14(19(22)23)16(20)15(9-10)24-2/h3-9,20H,1-2H3. The molecular formula is C17H14N2O5. The first-order valence-electron chi connectivity index (χ1n) is 7.08. The molecule has 1 aliphatic heterocycles. The molecule has 0 saturated heterocycles. The van der Waals surface area contributed by atoms with E-state index in [1.165, 1.54) is 24.1 Å². The second-order valence-corrected chi connectivity index (χ2v) is 5.29. The molecule has 1 N–H and O–H groups in total. The van der Waals surface area contributed by atoms with E-state index in [-0.39, 0.29) is 11.7 Å². The molecule has 2 aromatic rings. The van der Waals surface area contributed by atoms with Crippen LogP contribution in [-0.4, -0.2) is 30.1 Å². The van der Waals surface area contributed by atoms with Gasteiger partial charge in [0.05, 0.1) is 17.7 Å². The van der Waals surface area contributed by atoms with Gasteiger partial charge < -0.3 is 14.7 Å². The van der Waals surface area contributed by atoms with Crippen molar-refractivity contribution in [3.63, 3.8) is 0 Å². The number of amides is 1. The number of carbonyl (C=O) groups excluding carboxylic acids is 1. The summed E-state index contributed by atoms with van der Waals surface area (Å²) in [5, 5.41) is 20.9. The highest BCUT2D eigenvalue weighted by Gasteiger charge is 2.29. The molecule has 0 fully saturated rings. The number of nitrogens with zero attached hydrogens (tertiary/aromatic N) is 2. The minimum Gasteiger partial charge on any atom is -0.500 e. The fraction of sp³-hybridized carbons (Fsp3) is 0.118. The number of benzene rings is 2. The van der Waals surface area contributed by atoms with Gasteiger partial charge >= 0.3 is 5.69 Å². The fourth-order valence-corrected chi connectivity index (χ4v) is 2.70. The maximum Gasteiger partial charge on any atom is 0.315 e. The van der Waals surface area contributed by atoms with Crippen molar-refractivity contribution in [3.05, 3.63) is 57.6 Å². The quantitative estimate of drug-likeness (QED) is 0.532. The number of rotatable bonds is 3. The number of methoxy groups -OCH3 is 1. The molecule has 7 heteroatoms. The second kappa shape index (κ2) is 5.69. The van der Waals surface area contributed by atoms with Crippen LogP contribution in [-0.2, 0) is 4.79 Å². The van der Waals surface area contributed by atoms with Crippen molar-refractivity contribution in [2.75, 3.05) is 19.1 Å². The highest BCUT2D eigenvalue weighted by molar-refractivity contribution is 6.35. The van der Waals surface area contributed by atoms with Crippen molar-refractivity contribution in [2.24, 2.45) is 0 Å². The molecule has 0 aromatic heterocycles. The van der Waals surface area contributed by atoms with Gasteiger partial charge in [-0.05, 0) is 23.8 Å². The van der Waals surface area contributed by atoms with Crippen molar-refractivity contribution in [3.8, 4) is 11.5 Å². The van der Waals surface area contributed by atoms with Gasteiger partial charge in [0.2, 0.25) is 5.75 Å². The Morgan fingerprint density at radius 1 is 1.29 bits per heavy atom. The molecule has 0 saturated carbocycles. The molecule has 1 amide bonds. The number of para-hydroxylation sites is 1. The number of aromatic hydroxyl groups is 1.